The van der Waals surface area contributed by atoms with E-state index in [0.29, 0.717) is 6.54 Å². The first-order valence-corrected chi connectivity index (χ1v) is 5.04. The lowest BCUT2D eigenvalue weighted by Crippen LogP contribution is -2.43. The van der Waals surface area contributed by atoms with Gasteiger partial charge in [0.2, 0.25) is 11.8 Å². The van der Waals surface area contributed by atoms with Gasteiger partial charge in [0, 0.05) is 13.6 Å². The Bertz CT molecular complexity index is 269. The molecule has 2 amide bonds. The number of likely N-dealkylation sites (N-methyl/N-ethyl adjacent to an activating group) is 2. The fraction of sp³-hybridized carbons (Fsp3) is 0.778. The van der Waals surface area contributed by atoms with Gasteiger partial charge in [-0.1, -0.05) is 0 Å². The van der Waals surface area contributed by atoms with Gasteiger partial charge in [-0.2, -0.15) is 13.2 Å². The first-order chi connectivity index (χ1) is 7.76. The van der Waals surface area contributed by atoms with Crippen LogP contribution in [0.15, 0.2) is 0 Å². The summed E-state index contributed by atoms with van der Waals surface area (Å²) in [6.45, 7) is 0.321. The summed E-state index contributed by atoms with van der Waals surface area (Å²) in [5.41, 5.74) is 0. The second-order valence-electron chi connectivity index (χ2n) is 3.42. The van der Waals surface area contributed by atoms with Crippen LogP contribution in [0.1, 0.15) is 6.92 Å². The third kappa shape index (κ3) is 8.49. The van der Waals surface area contributed by atoms with Crippen molar-refractivity contribution in [1.29, 1.82) is 0 Å². The summed E-state index contributed by atoms with van der Waals surface area (Å²) < 4.78 is 35.3. The molecule has 0 aromatic carbocycles. The fourth-order valence-electron chi connectivity index (χ4n) is 1.00. The molecule has 0 aliphatic heterocycles. The van der Waals surface area contributed by atoms with Gasteiger partial charge in [0.05, 0.1) is 19.6 Å². The van der Waals surface area contributed by atoms with Gasteiger partial charge in [-0.15, -0.1) is 0 Å². The zero-order valence-electron chi connectivity index (χ0n) is 9.73. The fourth-order valence-corrected chi connectivity index (χ4v) is 1.00. The monoisotopic (exact) mass is 255 g/mol. The first-order valence-electron chi connectivity index (χ1n) is 5.04. The normalized spacial score (nSPS) is 11.1. The quantitative estimate of drug-likeness (QED) is 0.687. The van der Waals surface area contributed by atoms with Crippen LogP contribution in [0.3, 0.4) is 0 Å². The standard InChI is InChI=1S/C9H16F3N3O2/c1-3-14-7(16)5-15(2)8(17)4-13-6-9(10,11)12/h13H,3-6H2,1-2H3,(H,14,16). The predicted molar refractivity (Wildman–Crippen MR) is 55.2 cm³/mol. The van der Waals surface area contributed by atoms with Crippen molar-refractivity contribution >= 4 is 11.8 Å². The molecule has 0 spiro atoms. The highest BCUT2D eigenvalue weighted by atomic mass is 19.4. The van der Waals surface area contributed by atoms with E-state index in [-0.39, 0.29) is 12.5 Å². The van der Waals surface area contributed by atoms with E-state index in [1.165, 1.54) is 7.05 Å². The average molecular weight is 255 g/mol. The summed E-state index contributed by atoms with van der Waals surface area (Å²) in [7, 11) is 1.35. The molecule has 0 saturated heterocycles. The molecule has 0 heterocycles. The van der Waals surface area contributed by atoms with Crippen LogP contribution in [0.4, 0.5) is 13.2 Å². The Kier molecular flexibility index (Phi) is 6.55. The lowest BCUT2D eigenvalue weighted by atomic mass is 10.4. The Hall–Kier alpha value is -1.31. The molecule has 0 atom stereocenters. The third-order valence-corrected chi connectivity index (χ3v) is 1.78. The molecule has 0 aromatic rings. The van der Waals surface area contributed by atoms with Crippen LogP contribution in [0, 0.1) is 0 Å². The largest absolute Gasteiger partial charge is 0.401 e. The van der Waals surface area contributed by atoms with Crippen LogP contribution in [0.5, 0.6) is 0 Å². The Balaban J connectivity index is 3.86. The number of amides is 2. The number of rotatable bonds is 6. The molecule has 17 heavy (non-hydrogen) atoms. The lowest BCUT2D eigenvalue weighted by Gasteiger charge is -2.17. The average Bonchev–Trinajstić information content (AvgIpc) is 2.15. The number of nitrogens with one attached hydrogen (secondary N) is 2. The third-order valence-electron chi connectivity index (χ3n) is 1.78. The van der Waals surface area contributed by atoms with Gasteiger partial charge in [0.15, 0.2) is 0 Å². The van der Waals surface area contributed by atoms with Gasteiger partial charge in [0.25, 0.3) is 0 Å². The first kappa shape index (κ1) is 15.7. The second kappa shape index (κ2) is 7.10. The van der Waals surface area contributed by atoms with E-state index < -0.39 is 25.2 Å². The van der Waals surface area contributed by atoms with Gasteiger partial charge in [0.1, 0.15) is 0 Å². The summed E-state index contributed by atoms with van der Waals surface area (Å²) >= 11 is 0. The predicted octanol–water partition coefficient (Wildman–Crippen LogP) is -0.267. The van der Waals surface area contributed by atoms with E-state index in [4.69, 9.17) is 0 Å². The molecule has 0 bridgehead atoms. The molecule has 2 N–H and O–H groups in total. The maximum Gasteiger partial charge on any atom is 0.401 e. The molecular weight excluding hydrogens is 239 g/mol. The van der Waals surface area contributed by atoms with Gasteiger partial charge in [-0.3, -0.25) is 9.59 Å². The van der Waals surface area contributed by atoms with E-state index in [2.05, 4.69) is 5.32 Å². The molecule has 100 valence electrons. The summed E-state index contributed by atoms with van der Waals surface area (Å²) in [5, 5.41) is 4.44. The van der Waals surface area contributed by atoms with Gasteiger partial charge in [-0.05, 0) is 6.92 Å². The van der Waals surface area contributed by atoms with Crippen LogP contribution in [0.2, 0.25) is 0 Å². The molecular formula is C9H16F3N3O2. The van der Waals surface area contributed by atoms with Crippen LogP contribution in [0.25, 0.3) is 0 Å². The van der Waals surface area contributed by atoms with Crippen molar-refractivity contribution < 1.29 is 22.8 Å². The van der Waals surface area contributed by atoms with Crippen molar-refractivity contribution in [2.24, 2.45) is 0 Å². The maximum absolute atomic E-state index is 11.8. The van der Waals surface area contributed by atoms with E-state index in [1.54, 1.807) is 6.92 Å². The summed E-state index contributed by atoms with van der Waals surface area (Å²) in [6.07, 6.45) is -4.35. The van der Waals surface area contributed by atoms with Gasteiger partial charge in [-0.25, -0.2) is 0 Å². The zero-order chi connectivity index (χ0) is 13.5. The minimum Gasteiger partial charge on any atom is -0.355 e. The van der Waals surface area contributed by atoms with Crippen LogP contribution < -0.4 is 10.6 Å². The second-order valence-corrected chi connectivity index (χ2v) is 3.42. The number of hydrogen-bond acceptors (Lipinski definition) is 3. The number of carbonyl (C=O) groups is 2. The van der Waals surface area contributed by atoms with E-state index in [9.17, 15) is 22.8 Å². The SMILES string of the molecule is CCNC(=O)CN(C)C(=O)CNCC(F)(F)F. The molecule has 0 rings (SSSR count). The van der Waals surface area contributed by atoms with Crippen molar-refractivity contribution in [2.75, 3.05) is 33.2 Å². The van der Waals surface area contributed by atoms with Gasteiger partial charge >= 0.3 is 6.18 Å². The number of carbonyl (C=O) groups excluding carboxylic acids is 2. The lowest BCUT2D eigenvalue weighted by molar-refractivity contribution is -0.136. The molecule has 5 nitrogen and oxygen atoms in total. The number of hydrogen-bond donors (Lipinski definition) is 2. The van der Waals surface area contributed by atoms with E-state index in [0.717, 1.165) is 4.90 Å². The van der Waals surface area contributed by atoms with Crippen LogP contribution in [-0.4, -0.2) is 56.1 Å². The molecule has 0 fully saturated rings. The van der Waals surface area contributed by atoms with Crippen molar-refractivity contribution in [3.05, 3.63) is 0 Å². The smallest absolute Gasteiger partial charge is 0.355 e. The summed E-state index contributed by atoms with van der Waals surface area (Å²) in [6, 6.07) is 0. The summed E-state index contributed by atoms with van der Waals surface area (Å²) in [5.74, 6) is -0.917. The van der Waals surface area contributed by atoms with Crippen molar-refractivity contribution in [2.45, 2.75) is 13.1 Å². The van der Waals surface area contributed by atoms with Crippen molar-refractivity contribution in [3.63, 3.8) is 0 Å². The number of alkyl halides is 3. The molecule has 0 unspecified atom stereocenters. The Morgan fingerprint density at radius 1 is 1.29 bits per heavy atom. The molecule has 0 radical (unpaired) electrons. The highest BCUT2D eigenvalue weighted by Gasteiger charge is 2.26. The highest BCUT2D eigenvalue weighted by molar-refractivity contribution is 5.85. The van der Waals surface area contributed by atoms with E-state index in [1.807, 2.05) is 5.32 Å². The Morgan fingerprint density at radius 3 is 2.35 bits per heavy atom. The minimum atomic E-state index is -4.35. The van der Waals surface area contributed by atoms with Crippen molar-refractivity contribution in [1.82, 2.24) is 15.5 Å². The molecule has 8 heteroatoms. The molecule has 0 saturated carbocycles. The minimum absolute atomic E-state index is 0.166. The highest BCUT2D eigenvalue weighted by Crippen LogP contribution is 2.11. The molecule has 0 aliphatic carbocycles. The van der Waals surface area contributed by atoms with Gasteiger partial charge < -0.3 is 15.5 Å². The Labute approximate surface area is 97.3 Å². The number of halogens is 3. The van der Waals surface area contributed by atoms with Crippen molar-refractivity contribution in [3.8, 4) is 0 Å². The molecule has 0 aliphatic rings. The van der Waals surface area contributed by atoms with Crippen LogP contribution >= 0.6 is 0 Å². The Morgan fingerprint density at radius 2 is 1.88 bits per heavy atom. The van der Waals surface area contributed by atoms with E-state index >= 15 is 0 Å². The van der Waals surface area contributed by atoms with Crippen LogP contribution in [-0.2, 0) is 9.59 Å². The summed E-state index contributed by atoms with van der Waals surface area (Å²) in [4.78, 5) is 23.4. The topological polar surface area (TPSA) is 61.4 Å². The molecule has 0 aromatic heterocycles. The number of nitrogens with zero attached hydrogens (tertiary/aromatic N) is 1. The maximum atomic E-state index is 11.8. The zero-order valence-corrected chi connectivity index (χ0v) is 9.73.